The predicted molar refractivity (Wildman–Crippen MR) is 71.9 cm³/mol. The minimum Gasteiger partial charge on any atom is -0.504 e. The van der Waals surface area contributed by atoms with Crippen molar-refractivity contribution in [1.29, 1.82) is 0 Å². The number of ether oxygens (including phenoxy) is 1. The second kappa shape index (κ2) is 7.95. The zero-order chi connectivity index (χ0) is 13.4. The molecule has 1 aromatic rings. The average Bonchev–Trinajstić information content (AvgIpc) is 2.38. The van der Waals surface area contributed by atoms with E-state index in [9.17, 15) is 10.2 Å². The van der Waals surface area contributed by atoms with E-state index in [2.05, 4.69) is 5.32 Å². The van der Waals surface area contributed by atoms with E-state index in [1.54, 1.807) is 6.07 Å². The van der Waals surface area contributed by atoms with Gasteiger partial charge in [0.05, 0.1) is 12.7 Å². The summed E-state index contributed by atoms with van der Waals surface area (Å²) in [6.07, 6.45) is 1.32. The van der Waals surface area contributed by atoms with Crippen molar-refractivity contribution in [3.63, 3.8) is 0 Å². The molecule has 1 rings (SSSR count). The molecular weight excluding hydrogens is 230 g/mol. The highest BCUT2D eigenvalue weighted by Gasteiger charge is 2.04. The van der Waals surface area contributed by atoms with Crippen molar-refractivity contribution in [3.05, 3.63) is 23.8 Å². The van der Waals surface area contributed by atoms with Crippen molar-refractivity contribution in [2.45, 2.75) is 39.3 Å². The fraction of sp³-hybridized carbons (Fsp3) is 0.571. The van der Waals surface area contributed by atoms with Crippen LogP contribution in [0.5, 0.6) is 11.5 Å². The van der Waals surface area contributed by atoms with Gasteiger partial charge in [-0.05, 0) is 44.0 Å². The van der Waals surface area contributed by atoms with E-state index in [-0.39, 0.29) is 11.9 Å². The van der Waals surface area contributed by atoms with Gasteiger partial charge >= 0.3 is 0 Å². The van der Waals surface area contributed by atoms with Crippen molar-refractivity contribution < 1.29 is 14.9 Å². The molecule has 4 nitrogen and oxygen atoms in total. The van der Waals surface area contributed by atoms with Gasteiger partial charge in [-0.3, -0.25) is 0 Å². The van der Waals surface area contributed by atoms with E-state index < -0.39 is 0 Å². The largest absolute Gasteiger partial charge is 0.504 e. The summed E-state index contributed by atoms with van der Waals surface area (Å²) in [5, 5.41) is 22.2. The Hall–Kier alpha value is -1.26. The Kier molecular flexibility index (Phi) is 6.54. The van der Waals surface area contributed by atoms with Gasteiger partial charge < -0.3 is 20.3 Å². The molecule has 3 N–H and O–H groups in total. The Morgan fingerprint density at radius 3 is 2.78 bits per heavy atom. The van der Waals surface area contributed by atoms with Crippen molar-refractivity contribution in [2.75, 3.05) is 13.2 Å². The summed E-state index contributed by atoms with van der Waals surface area (Å²) in [7, 11) is 0. The molecule has 0 aliphatic heterocycles. The number of hydrogen-bond acceptors (Lipinski definition) is 4. The maximum atomic E-state index is 9.56. The van der Waals surface area contributed by atoms with Crippen molar-refractivity contribution in [3.8, 4) is 11.5 Å². The van der Waals surface area contributed by atoms with Crippen LogP contribution in [0.2, 0.25) is 0 Å². The summed E-state index contributed by atoms with van der Waals surface area (Å²) in [4.78, 5) is 0. The van der Waals surface area contributed by atoms with Crippen LogP contribution in [0.1, 0.15) is 32.3 Å². The summed E-state index contributed by atoms with van der Waals surface area (Å²) in [5.41, 5.74) is 1.06. The number of phenolic OH excluding ortho intramolecular Hbond substituents is 1. The molecule has 0 spiro atoms. The molecule has 0 radical (unpaired) electrons. The lowest BCUT2D eigenvalue weighted by atomic mass is 10.2. The molecule has 0 aliphatic carbocycles. The van der Waals surface area contributed by atoms with E-state index in [1.807, 2.05) is 26.0 Å². The van der Waals surface area contributed by atoms with Crippen LogP contribution in [-0.4, -0.2) is 29.5 Å². The Bertz CT molecular complexity index is 355. The number of benzene rings is 1. The second-order valence-corrected chi connectivity index (χ2v) is 4.26. The molecule has 0 saturated carbocycles. The molecule has 0 aliphatic rings. The molecule has 1 atom stereocenters. The third-order valence-corrected chi connectivity index (χ3v) is 2.78. The van der Waals surface area contributed by atoms with Crippen LogP contribution >= 0.6 is 0 Å². The van der Waals surface area contributed by atoms with Crippen molar-refractivity contribution >= 4 is 0 Å². The van der Waals surface area contributed by atoms with E-state index in [1.165, 1.54) is 0 Å². The van der Waals surface area contributed by atoms with Crippen LogP contribution < -0.4 is 10.1 Å². The molecule has 0 heterocycles. The minimum atomic E-state index is -0.226. The predicted octanol–water partition coefficient (Wildman–Crippen LogP) is 2.04. The van der Waals surface area contributed by atoms with Crippen LogP contribution in [0.3, 0.4) is 0 Å². The Morgan fingerprint density at radius 2 is 2.11 bits per heavy atom. The standard InChI is InChI=1S/C14H23NO3/c1-3-12(16)7-8-15-10-11-5-6-13(17)14(9-11)18-4-2/h5-6,9,12,15-17H,3-4,7-8,10H2,1-2H3. The van der Waals surface area contributed by atoms with Gasteiger partial charge in [0.25, 0.3) is 0 Å². The normalized spacial score (nSPS) is 12.4. The second-order valence-electron chi connectivity index (χ2n) is 4.26. The summed E-state index contributed by atoms with van der Waals surface area (Å²) in [5.74, 6) is 0.687. The first-order valence-corrected chi connectivity index (χ1v) is 6.50. The highest BCUT2D eigenvalue weighted by atomic mass is 16.5. The van der Waals surface area contributed by atoms with Gasteiger partial charge in [-0.1, -0.05) is 13.0 Å². The lowest BCUT2D eigenvalue weighted by Gasteiger charge is -2.10. The first kappa shape index (κ1) is 14.8. The monoisotopic (exact) mass is 253 g/mol. The van der Waals surface area contributed by atoms with E-state index >= 15 is 0 Å². The molecule has 18 heavy (non-hydrogen) atoms. The topological polar surface area (TPSA) is 61.7 Å². The van der Waals surface area contributed by atoms with Crippen LogP contribution in [0.4, 0.5) is 0 Å². The van der Waals surface area contributed by atoms with Gasteiger partial charge in [0, 0.05) is 6.54 Å². The summed E-state index contributed by atoms with van der Waals surface area (Å²) in [6.45, 7) is 5.87. The lowest BCUT2D eigenvalue weighted by Crippen LogP contribution is -2.19. The van der Waals surface area contributed by atoms with Gasteiger partial charge in [-0.15, -0.1) is 0 Å². The van der Waals surface area contributed by atoms with Gasteiger partial charge in [-0.2, -0.15) is 0 Å². The smallest absolute Gasteiger partial charge is 0.161 e. The number of aliphatic hydroxyl groups is 1. The molecule has 0 bridgehead atoms. The summed E-state index contributed by atoms with van der Waals surface area (Å²) < 4.78 is 5.32. The number of aromatic hydroxyl groups is 1. The molecule has 0 aromatic heterocycles. The first-order valence-electron chi connectivity index (χ1n) is 6.50. The summed E-state index contributed by atoms with van der Waals surface area (Å²) >= 11 is 0. The number of hydrogen-bond donors (Lipinski definition) is 3. The van der Waals surface area contributed by atoms with E-state index in [0.717, 1.165) is 24.9 Å². The average molecular weight is 253 g/mol. The zero-order valence-corrected chi connectivity index (χ0v) is 11.1. The quantitative estimate of drug-likeness (QED) is 0.620. The van der Waals surface area contributed by atoms with E-state index in [0.29, 0.717) is 18.9 Å². The van der Waals surface area contributed by atoms with Gasteiger partial charge in [0.1, 0.15) is 0 Å². The maximum absolute atomic E-state index is 9.56. The Morgan fingerprint density at radius 1 is 1.33 bits per heavy atom. The Labute approximate surface area is 109 Å². The highest BCUT2D eigenvalue weighted by molar-refractivity contribution is 5.41. The van der Waals surface area contributed by atoms with E-state index in [4.69, 9.17) is 4.74 Å². The lowest BCUT2D eigenvalue weighted by molar-refractivity contribution is 0.159. The molecule has 0 saturated heterocycles. The molecule has 4 heteroatoms. The highest BCUT2D eigenvalue weighted by Crippen LogP contribution is 2.26. The number of nitrogens with one attached hydrogen (secondary N) is 1. The van der Waals surface area contributed by atoms with Crippen molar-refractivity contribution in [2.24, 2.45) is 0 Å². The molecular formula is C14H23NO3. The maximum Gasteiger partial charge on any atom is 0.161 e. The van der Waals surface area contributed by atoms with Crippen molar-refractivity contribution in [1.82, 2.24) is 5.32 Å². The third kappa shape index (κ3) is 4.94. The van der Waals surface area contributed by atoms with Crippen LogP contribution in [0, 0.1) is 0 Å². The molecule has 1 unspecified atom stereocenters. The number of rotatable bonds is 8. The van der Waals surface area contributed by atoms with Crippen LogP contribution in [0.25, 0.3) is 0 Å². The first-order chi connectivity index (χ1) is 8.67. The molecule has 0 fully saturated rings. The number of aliphatic hydroxyl groups excluding tert-OH is 1. The third-order valence-electron chi connectivity index (χ3n) is 2.78. The fourth-order valence-electron chi connectivity index (χ4n) is 1.65. The fourth-order valence-corrected chi connectivity index (χ4v) is 1.65. The van der Waals surface area contributed by atoms with Crippen LogP contribution in [-0.2, 0) is 6.54 Å². The van der Waals surface area contributed by atoms with Gasteiger partial charge in [0.2, 0.25) is 0 Å². The zero-order valence-electron chi connectivity index (χ0n) is 11.1. The number of phenols is 1. The molecule has 0 amide bonds. The minimum absolute atomic E-state index is 0.169. The van der Waals surface area contributed by atoms with Gasteiger partial charge in [-0.25, -0.2) is 0 Å². The molecule has 1 aromatic carbocycles. The summed E-state index contributed by atoms with van der Waals surface area (Å²) in [6, 6.07) is 5.34. The Balaban J connectivity index is 2.40. The molecule has 102 valence electrons. The van der Waals surface area contributed by atoms with Gasteiger partial charge in [0.15, 0.2) is 11.5 Å². The van der Waals surface area contributed by atoms with Crippen LogP contribution in [0.15, 0.2) is 18.2 Å². The SMILES string of the molecule is CCOc1cc(CNCCC(O)CC)ccc1O.